The molecular formula is C23H28F2N2O3. The SMILES string of the molecule is CC(C)(C)OC(=O)N1CCN(C(c2ccc(F)cc2)c2ccc(F)cc2)C[C@@H]1CO. The molecule has 1 aliphatic heterocycles. The molecule has 1 heterocycles. The van der Waals surface area contributed by atoms with Crippen LogP contribution < -0.4 is 0 Å². The van der Waals surface area contributed by atoms with Gasteiger partial charge in [-0.2, -0.15) is 0 Å². The van der Waals surface area contributed by atoms with Crippen LogP contribution in [0.5, 0.6) is 0 Å². The Morgan fingerprint density at radius 2 is 1.53 bits per heavy atom. The predicted molar refractivity (Wildman–Crippen MR) is 110 cm³/mol. The van der Waals surface area contributed by atoms with Crippen molar-refractivity contribution in [1.82, 2.24) is 9.80 Å². The molecule has 1 atom stereocenters. The maximum atomic E-state index is 13.5. The Kier molecular flexibility index (Phi) is 6.73. The van der Waals surface area contributed by atoms with Crippen LogP contribution in [0, 0.1) is 11.6 Å². The van der Waals surface area contributed by atoms with Gasteiger partial charge in [-0.15, -0.1) is 0 Å². The van der Waals surface area contributed by atoms with Crippen molar-refractivity contribution in [2.75, 3.05) is 26.2 Å². The number of ether oxygens (including phenoxy) is 1. The molecule has 2 aromatic carbocycles. The van der Waals surface area contributed by atoms with E-state index in [1.54, 1.807) is 49.9 Å². The van der Waals surface area contributed by atoms with Crippen LogP contribution in [0.25, 0.3) is 0 Å². The van der Waals surface area contributed by atoms with Gasteiger partial charge in [0.2, 0.25) is 0 Å². The van der Waals surface area contributed by atoms with Crippen molar-refractivity contribution in [3.63, 3.8) is 0 Å². The van der Waals surface area contributed by atoms with Crippen LogP contribution in [0.2, 0.25) is 0 Å². The molecular weight excluding hydrogens is 390 g/mol. The highest BCUT2D eigenvalue weighted by Gasteiger charge is 2.36. The number of aliphatic hydroxyl groups excluding tert-OH is 1. The number of hydrogen-bond acceptors (Lipinski definition) is 4. The highest BCUT2D eigenvalue weighted by Crippen LogP contribution is 2.31. The fourth-order valence-electron chi connectivity index (χ4n) is 3.74. The minimum Gasteiger partial charge on any atom is -0.444 e. The average Bonchev–Trinajstić information content (AvgIpc) is 2.69. The summed E-state index contributed by atoms with van der Waals surface area (Å²) in [5, 5.41) is 9.95. The highest BCUT2D eigenvalue weighted by atomic mass is 19.1. The van der Waals surface area contributed by atoms with E-state index in [-0.39, 0.29) is 24.3 Å². The van der Waals surface area contributed by atoms with Gasteiger partial charge in [0.15, 0.2) is 0 Å². The number of rotatable bonds is 4. The van der Waals surface area contributed by atoms with E-state index in [2.05, 4.69) is 4.90 Å². The third-order valence-corrected chi connectivity index (χ3v) is 5.09. The van der Waals surface area contributed by atoms with Crippen molar-refractivity contribution in [1.29, 1.82) is 0 Å². The Morgan fingerprint density at radius 1 is 1.03 bits per heavy atom. The molecule has 7 heteroatoms. The first-order valence-electron chi connectivity index (χ1n) is 10.0. The molecule has 0 spiro atoms. The number of carbonyl (C=O) groups is 1. The summed E-state index contributed by atoms with van der Waals surface area (Å²) in [6, 6.07) is 11.7. The molecule has 1 amide bonds. The Balaban J connectivity index is 1.87. The monoisotopic (exact) mass is 418 g/mol. The molecule has 1 N–H and O–H groups in total. The molecule has 1 aliphatic rings. The van der Waals surface area contributed by atoms with Gasteiger partial charge in [0, 0.05) is 19.6 Å². The summed E-state index contributed by atoms with van der Waals surface area (Å²) in [5.74, 6) is -0.667. The normalized spacial score (nSPS) is 18.0. The molecule has 30 heavy (non-hydrogen) atoms. The van der Waals surface area contributed by atoms with Gasteiger partial charge in [0.25, 0.3) is 0 Å². The highest BCUT2D eigenvalue weighted by molar-refractivity contribution is 5.68. The minimum absolute atomic E-state index is 0.213. The van der Waals surface area contributed by atoms with E-state index >= 15 is 0 Å². The predicted octanol–water partition coefficient (Wildman–Crippen LogP) is 3.97. The largest absolute Gasteiger partial charge is 0.444 e. The number of benzene rings is 2. The summed E-state index contributed by atoms with van der Waals surface area (Å²) >= 11 is 0. The lowest BCUT2D eigenvalue weighted by molar-refractivity contribution is -0.0159. The summed E-state index contributed by atoms with van der Waals surface area (Å²) in [7, 11) is 0. The van der Waals surface area contributed by atoms with Gasteiger partial charge >= 0.3 is 6.09 Å². The lowest BCUT2D eigenvalue weighted by Crippen LogP contribution is -2.58. The van der Waals surface area contributed by atoms with Crippen molar-refractivity contribution >= 4 is 6.09 Å². The van der Waals surface area contributed by atoms with Gasteiger partial charge in [-0.1, -0.05) is 24.3 Å². The van der Waals surface area contributed by atoms with Crippen molar-refractivity contribution in [3.05, 3.63) is 71.3 Å². The first-order valence-corrected chi connectivity index (χ1v) is 10.0. The molecule has 0 aliphatic carbocycles. The number of carbonyl (C=O) groups excluding carboxylic acids is 1. The average molecular weight is 418 g/mol. The van der Waals surface area contributed by atoms with E-state index in [0.29, 0.717) is 19.6 Å². The minimum atomic E-state index is -0.626. The van der Waals surface area contributed by atoms with Crippen LogP contribution in [0.15, 0.2) is 48.5 Å². The van der Waals surface area contributed by atoms with Crippen molar-refractivity contribution in [2.45, 2.75) is 38.5 Å². The molecule has 1 fully saturated rings. The second-order valence-electron chi connectivity index (χ2n) is 8.51. The molecule has 2 aromatic rings. The Hall–Kier alpha value is -2.51. The fraction of sp³-hybridized carbons (Fsp3) is 0.435. The first-order chi connectivity index (χ1) is 14.2. The maximum absolute atomic E-state index is 13.5. The molecule has 1 saturated heterocycles. The van der Waals surface area contributed by atoms with Crippen LogP contribution in [0.4, 0.5) is 13.6 Å². The number of aliphatic hydroxyl groups is 1. The van der Waals surface area contributed by atoms with E-state index in [1.807, 2.05) is 0 Å². The van der Waals surface area contributed by atoms with E-state index in [1.165, 1.54) is 24.3 Å². The number of halogens is 2. The smallest absolute Gasteiger partial charge is 0.410 e. The lowest BCUT2D eigenvalue weighted by atomic mass is 9.95. The third-order valence-electron chi connectivity index (χ3n) is 5.09. The zero-order valence-corrected chi connectivity index (χ0v) is 17.5. The summed E-state index contributed by atoms with van der Waals surface area (Å²) in [5.41, 5.74) is 1.08. The van der Waals surface area contributed by atoms with E-state index in [0.717, 1.165) is 11.1 Å². The van der Waals surface area contributed by atoms with E-state index < -0.39 is 17.7 Å². The van der Waals surface area contributed by atoms with Crippen LogP contribution in [0.3, 0.4) is 0 Å². The molecule has 0 unspecified atom stereocenters. The number of amides is 1. The van der Waals surface area contributed by atoms with Gasteiger partial charge < -0.3 is 14.7 Å². The Morgan fingerprint density at radius 3 is 1.97 bits per heavy atom. The van der Waals surface area contributed by atoms with Gasteiger partial charge in [-0.05, 0) is 56.2 Å². The summed E-state index contributed by atoms with van der Waals surface area (Å²) < 4.78 is 32.4. The van der Waals surface area contributed by atoms with Crippen molar-refractivity contribution in [3.8, 4) is 0 Å². The standard InChI is InChI=1S/C23H28F2N2O3/c1-23(2,3)30-22(29)27-13-12-26(14-20(27)15-28)21(16-4-8-18(24)9-5-16)17-6-10-19(25)11-7-17/h4-11,20-21,28H,12-15H2,1-3H3/t20-/m1/s1. The van der Waals surface area contributed by atoms with Crippen molar-refractivity contribution in [2.24, 2.45) is 0 Å². The zero-order valence-electron chi connectivity index (χ0n) is 17.5. The van der Waals surface area contributed by atoms with E-state index in [9.17, 15) is 18.7 Å². The van der Waals surface area contributed by atoms with Gasteiger partial charge in [0.05, 0.1) is 18.7 Å². The van der Waals surface area contributed by atoms with Gasteiger partial charge in [0.1, 0.15) is 17.2 Å². The third kappa shape index (κ3) is 5.34. The summed E-state index contributed by atoms with van der Waals surface area (Å²) in [6.45, 7) is 6.48. The topological polar surface area (TPSA) is 53.0 Å². The number of nitrogens with zero attached hydrogens (tertiary/aromatic N) is 2. The van der Waals surface area contributed by atoms with Crippen molar-refractivity contribution < 1.29 is 23.4 Å². The molecule has 0 radical (unpaired) electrons. The number of piperazine rings is 1. The maximum Gasteiger partial charge on any atom is 0.410 e. The summed E-state index contributed by atoms with van der Waals surface area (Å²) in [6.07, 6.45) is -0.457. The molecule has 0 saturated carbocycles. The fourth-order valence-corrected chi connectivity index (χ4v) is 3.74. The molecule has 0 aromatic heterocycles. The quantitative estimate of drug-likeness (QED) is 0.817. The van der Waals surface area contributed by atoms with Crippen LogP contribution in [-0.4, -0.2) is 58.9 Å². The Bertz CT molecular complexity index is 805. The second-order valence-corrected chi connectivity index (χ2v) is 8.51. The van der Waals surface area contributed by atoms with E-state index in [4.69, 9.17) is 4.74 Å². The van der Waals surface area contributed by atoms with Gasteiger partial charge in [-0.3, -0.25) is 4.90 Å². The first kappa shape index (κ1) is 22.2. The zero-order chi connectivity index (χ0) is 21.9. The molecule has 162 valence electrons. The van der Waals surface area contributed by atoms with Crippen LogP contribution in [-0.2, 0) is 4.74 Å². The lowest BCUT2D eigenvalue weighted by Gasteiger charge is -2.44. The molecule has 5 nitrogen and oxygen atoms in total. The second kappa shape index (κ2) is 9.10. The number of hydrogen-bond donors (Lipinski definition) is 1. The van der Waals surface area contributed by atoms with Crippen LogP contribution in [0.1, 0.15) is 37.9 Å². The van der Waals surface area contributed by atoms with Crippen LogP contribution >= 0.6 is 0 Å². The molecule has 0 bridgehead atoms. The van der Waals surface area contributed by atoms with Gasteiger partial charge in [-0.25, -0.2) is 13.6 Å². The Labute approximate surface area is 175 Å². The molecule has 3 rings (SSSR count). The summed E-state index contributed by atoms with van der Waals surface area (Å²) in [4.78, 5) is 16.2.